The first-order valence-electron chi connectivity index (χ1n) is 6.90. The average molecular weight is 285 g/mol. The van der Waals surface area contributed by atoms with E-state index >= 15 is 0 Å². The van der Waals surface area contributed by atoms with Crippen molar-refractivity contribution in [3.05, 3.63) is 54.4 Å². The maximum atomic E-state index is 11.3. The number of carbonyl (C=O) groups excluding carboxylic acids is 1. The van der Waals surface area contributed by atoms with Crippen LogP contribution >= 0.6 is 0 Å². The molecule has 0 saturated heterocycles. The van der Waals surface area contributed by atoms with Crippen LogP contribution in [0.15, 0.2) is 48.7 Å². The van der Waals surface area contributed by atoms with E-state index in [1.165, 1.54) is 0 Å². The van der Waals surface area contributed by atoms with Gasteiger partial charge in [0.1, 0.15) is 0 Å². The maximum absolute atomic E-state index is 11.3. The molecule has 0 fully saturated rings. The second-order valence-electron chi connectivity index (χ2n) is 4.54. The van der Waals surface area contributed by atoms with Crippen LogP contribution in [-0.2, 0) is 4.74 Å². The molecule has 1 aromatic heterocycles. The number of pyridine rings is 1. The molecule has 1 amide bonds. The number of nitrogens with one attached hydrogen (secondary N) is 2. The number of hydrogen-bond acceptors (Lipinski definition) is 4. The summed E-state index contributed by atoms with van der Waals surface area (Å²) >= 11 is 0. The Morgan fingerprint density at radius 1 is 1.19 bits per heavy atom. The zero-order chi connectivity index (χ0) is 15.1. The molecule has 110 valence electrons. The number of carbonyl (C=O) groups is 1. The Bertz CT molecular complexity index is 570. The first kappa shape index (κ1) is 14.8. The predicted molar refractivity (Wildman–Crippen MR) is 83.4 cm³/mol. The highest BCUT2D eigenvalue weighted by molar-refractivity contribution is 5.84. The Morgan fingerprint density at radius 2 is 1.90 bits per heavy atom. The SMILES string of the molecule is CCOC(=O)Nc1ccc(N[C@@H](C)c2ccccn2)cc1. The average Bonchev–Trinajstić information content (AvgIpc) is 2.50. The van der Waals surface area contributed by atoms with Crippen molar-refractivity contribution in [2.45, 2.75) is 19.9 Å². The van der Waals surface area contributed by atoms with Gasteiger partial charge in [-0.3, -0.25) is 10.3 Å². The Morgan fingerprint density at radius 3 is 2.52 bits per heavy atom. The number of ether oxygens (including phenoxy) is 1. The summed E-state index contributed by atoms with van der Waals surface area (Å²) in [4.78, 5) is 15.6. The van der Waals surface area contributed by atoms with Gasteiger partial charge < -0.3 is 10.1 Å². The van der Waals surface area contributed by atoms with Gasteiger partial charge in [0.2, 0.25) is 0 Å². The normalized spacial score (nSPS) is 11.5. The highest BCUT2D eigenvalue weighted by Gasteiger charge is 2.06. The van der Waals surface area contributed by atoms with Crippen LogP contribution in [0.3, 0.4) is 0 Å². The van der Waals surface area contributed by atoms with Gasteiger partial charge in [-0.05, 0) is 50.2 Å². The molecule has 5 heteroatoms. The van der Waals surface area contributed by atoms with E-state index in [9.17, 15) is 4.79 Å². The van der Waals surface area contributed by atoms with Gasteiger partial charge in [-0.25, -0.2) is 4.79 Å². The number of benzene rings is 1. The summed E-state index contributed by atoms with van der Waals surface area (Å²) in [7, 11) is 0. The van der Waals surface area contributed by atoms with Crippen LogP contribution in [0, 0.1) is 0 Å². The second kappa shape index (κ2) is 7.28. The first-order chi connectivity index (χ1) is 10.2. The molecule has 0 bridgehead atoms. The van der Waals surface area contributed by atoms with Crippen molar-refractivity contribution in [1.29, 1.82) is 0 Å². The quantitative estimate of drug-likeness (QED) is 0.876. The lowest BCUT2D eigenvalue weighted by Crippen LogP contribution is -2.13. The first-order valence-corrected chi connectivity index (χ1v) is 6.90. The fourth-order valence-electron chi connectivity index (χ4n) is 1.89. The minimum atomic E-state index is -0.444. The van der Waals surface area contributed by atoms with E-state index in [4.69, 9.17) is 4.74 Å². The number of hydrogen-bond donors (Lipinski definition) is 2. The van der Waals surface area contributed by atoms with E-state index in [0.29, 0.717) is 12.3 Å². The van der Waals surface area contributed by atoms with Crippen molar-refractivity contribution >= 4 is 17.5 Å². The van der Waals surface area contributed by atoms with Crippen LogP contribution in [0.1, 0.15) is 25.6 Å². The van der Waals surface area contributed by atoms with Crippen LogP contribution in [0.2, 0.25) is 0 Å². The molecule has 0 unspecified atom stereocenters. The Kier molecular flexibility index (Phi) is 5.15. The largest absolute Gasteiger partial charge is 0.450 e. The lowest BCUT2D eigenvalue weighted by atomic mass is 10.2. The fourth-order valence-corrected chi connectivity index (χ4v) is 1.89. The van der Waals surface area contributed by atoms with Crippen molar-refractivity contribution < 1.29 is 9.53 Å². The lowest BCUT2D eigenvalue weighted by Gasteiger charge is -2.15. The zero-order valence-electron chi connectivity index (χ0n) is 12.2. The number of rotatable bonds is 5. The van der Waals surface area contributed by atoms with Crippen LogP contribution in [0.25, 0.3) is 0 Å². The number of anilines is 2. The van der Waals surface area contributed by atoms with E-state index < -0.39 is 6.09 Å². The number of amides is 1. The molecule has 0 aliphatic rings. The van der Waals surface area contributed by atoms with Gasteiger partial charge >= 0.3 is 6.09 Å². The van der Waals surface area contributed by atoms with Crippen LogP contribution in [0.5, 0.6) is 0 Å². The molecule has 1 heterocycles. The van der Waals surface area contributed by atoms with Crippen LogP contribution in [0.4, 0.5) is 16.2 Å². The number of aromatic nitrogens is 1. The Hall–Kier alpha value is -2.56. The summed E-state index contributed by atoms with van der Waals surface area (Å²) in [6, 6.07) is 13.4. The minimum absolute atomic E-state index is 0.107. The molecule has 2 N–H and O–H groups in total. The summed E-state index contributed by atoms with van der Waals surface area (Å²) in [6.07, 6.45) is 1.33. The van der Waals surface area contributed by atoms with Crippen molar-refractivity contribution in [2.75, 3.05) is 17.2 Å². The monoisotopic (exact) mass is 285 g/mol. The third-order valence-corrected chi connectivity index (χ3v) is 2.92. The molecule has 0 aliphatic carbocycles. The third kappa shape index (κ3) is 4.49. The van der Waals surface area contributed by atoms with E-state index in [2.05, 4.69) is 15.6 Å². The smallest absolute Gasteiger partial charge is 0.411 e. The second-order valence-corrected chi connectivity index (χ2v) is 4.54. The molecule has 0 saturated carbocycles. The molecule has 1 atom stereocenters. The van der Waals surface area contributed by atoms with Gasteiger partial charge in [0.15, 0.2) is 0 Å². The van der Waals surface area contributed by atoms with E-state index in [0.717, 1.165) is 11.4 Å². The molecule has 0 spiro atoms. The summed E-state index contributed by atoms with van der Waals surface area (Å²) in [5.41, 5.74) is 2.64. The topological polar surface area (TPSA) is 63.2 Å². The lowest BCUT2D eigenvalue weighted by molar-refractivity contribution is 0.168. The minimum Gasteiger partial charge on any atom is -0.450 e. The van der Waals surface area contributed by atoms with E-state index in [1.807, 2.05) is 49.4 Å². The van der Waals surface area contributed by atoms with Crippen molar-refractivity contribution in [3.8, 4) is 0 Å². The van der Waals surface area contributed by atoms with Gasteiger partial charge in [-0.15, -0.1) is 0 Å². The van der Waals surface area contributed by atoms with E-state index in [1.54, 1.807) is 13.1 Å². The maximum Gasteiger partial charge on any atom is 0.411 e. The molecule has 1 aromatic carbocycles. The molecular formula is C16H19N3O2. The van der Waals surface area contributed by atoms with Gasteiger partial charge in [-0.2, -0.15) is 0 Å². The molecule has 0 radical (unpaired) electrons. The Balaban J connectivity index is 1.95. The summed E-state index contributed by atoms with van der Waals surface area (Å²) < 4.78 is 4.82. The Labute approximate surface area is 124 Å². The summed E-state index contributed by atoms with van der Waals surface area (Å²) in [5, 5.41) is 6.01. The van der Waals surface area contributed by atoms with Crippen molar-refractivity contribution in [3.63, 3.8) is 0 Å². The summed E-state index contributed by atoms with van der Waals surface area (Å²) in [5.74, 6) is 0. The summed E-state index contributed by atoms with van der Waals surface area (Å²) in [6.45, 7) is 4.17. The fraction of sp³-hybridized carbons (Fsp3) is 0.250. The molecule has 21 heavy (non-hydrogen) atoms. The molecule has 5 nitrogen and oxygen atoms in total. The highest BCUT2D eigenvalue weighted by atomic mass is 16.5. The van der Waals surface area contributed by atoms with E-state index in [-0.39, 0.29) is 6.04 Å². The molecule has 2 aromatic rings. The molecule has 2 rings (SSSR count). The van der Waals surface area contributed by atoms with Gasteiger partial charge in [0.25, 0.3) is 0 Å². The van der Waals surface area contributed by atoms with Crippen molar-refractivity contribution in [2.24, 2.45) is 0 Å². The van der Waals surface area contributed by atoms with Crippen LogP contribution in [-0.4, -0.2) is 17.7 Å². The zero-order valence-corrected chi connectivity index (χ0v) is 12.2. The van der Waals surface area contributed by atoms with Crippen molar-refractivity contribution in [1.82, 2.24) is 4.98 Å². The molecule has 0 aliphatic heterocycles. The van der Waals surface area contributed by atoms with Gasteiger partial charge in [-0.1, -0.05) is 6.07 Å². The standard InChI is InChI=1S/C16H19N3O2/c1-3-21-16(20)19-14-9-7-13(8-10-14)18-12(2)15-6-4-5-11-17-15/h4-12,18H,3H2,1-2H3,(H,19,20)/t12-/m0/s1. The number of nitrogens with zero attached hydrogens (tertiary/aromatic N) is 1. The van der Waals surface area contributed by atoms with Gasteiger partial charge in [0, 0.05) is 17.6 Å². The van der Waals surface area contributed by atoms with Gasteiger partial charge in [0.05, 0.1) is 18.3 Å². The molecular weight excluding hydrogens is 266 g/mol. The van der Waals surface area contributed by atoms with Crippen LogP contribution < -0.4 is 10.6 Å². The predicted octanol–water partition coefficient (Wildman–Crippen LogP) is 3.82. The highest BCUT2D eigenvalue weighted by Crippen LogP contribution is 2.19. The third-order valence-electron chi connectivity index (χ3n) is 2.92.